The van der Waals surface area contributed by atoms with Gasteiger partial charge < -0.3 is 22.1 Å². The van der Waals surface area contributed by atoms with Crippen LogP contribution in [0.3, 0.4) is 0 Å². The second kappa shape index (κ2) is 12.7. The molecule has 3 amide bonds. The van der Waals surface area contributed by atoms with Gasteiger partial charge in [-0.15, -0.1) is 0 Å². The van der Waals surface area contributed by atoms with Gasteiger partial charge in [0.25, 0.3) is 0 Å². The molecule has 27 heavy (non-hydrogen) atoms. The molecule has 1 rings (SSSR count). The van der Waals surface area contributed by atoms with Crippen molar-refractivity contribution in [1.82, 2.24) is 10.6 Å². The number of primary amides is 1. The molecular weight excluding hydrogens is 344 g/mol. The highest BCUT2D eigenvalue weighted by molar-refractivity contribution is 5.92. The van der Waals surface area contributed by atoms with Gasteiger partial charge in [0.1, 0.15) is 0 Å². The van der Waals surface area contributed by atoms with Gasteiger partial charge in [-0.3, -0.25) is 9.59 Å². The minimum Gasteiger partial charge on any atom is -0.352 e. The second-order valence-corrected chi connectivity index (χ2v) is 8.06. The maximum absolute atomic E-state index is 13.1. The van der Waals surface area contributed by atoms with Crippen LogP contribution in [0.5, 0.6) is 0 Å². The Morgan fingerprint density at radius 1 is 1.00 bits per heavy atom. The largest absolute Gasteiger partial charge is 0.352 e. The average molecular weight is 383 g/mol. The van der Waals surface area contributed by atoms with Crippen LogP contribution in [0.25, 0.3) is 0 Å². The SMILES string of the molecule is CC(C)[C@H](N)C(=O)N[C@@H](CCCCNC(N)=O)C(=O)C1CCCCCCC1. The Morgan fingerprint density at radius 2 is 1.59 bits per heavy atom. The first kappa shape index (κ1) is 23.4. The Balaban J connectivity index is 2.67. The first-order valence-electron chi connectivity index (χ1n) is 10.5. The number of urea groups is 1. The van der Waals surface area contributed by atoms with Crippen molar-refractivity contribution < 1.29 is 14.4 Å². The molecule has 7 nitrogen and oxygen atoms in total. The van der Waals surface area contributed by atoms with Gasteiger partial charge in [-0.25, -0.2) is 4.79 Å². The number of carbonyl (C=O) groups is 3. The summed E-state index contributed by atoms with van der Waals surface area (Å²) in [5.41, 5.74) is 11.0. The Bertz CT molecular complexity index is 474. The third kappa shape index (κ3) is 9.22. The predicted molar refractivity (Wildman–Crippen MR) is 107 cm³/mol. The molecule has 0 bridgehead atoms. The van der Waals surface area contributed by atoms with Gasteiger partial charge in [-0.1, -0.05) is 46.0 Å². The lowest BCUT2D eigenvalue weighted by Crippen LogP contribution is -2.51. The van der Waals surface area contributed by atoms with E-state index in [2.05, 4.69) is 10.6 Å². The summed E-state index contributed by atoms with van der Waals surface area (Å²) in [6.07, 6.45) is 9.56. The zero-order chi connectivity index (χ0) is 20.2. The van der Waals surface area contributed by atoms with E-state index in [1.54, 1.807) is 0 Å². The van der Waals surface area contributed by atoms with Gasteiger partial charge in [-0.05, 0) is 38.0 Å². The molecule has 0 spiro atoms. The van der Waals surface area contributed by atoms with Crippen LogP contribution in [0, 0.1) is 11.8 Å². The predicted octanol–water partition coefficient (Wildman–Crippen LogP) is 2.22. The van der Waals surface area contributed by atoms with E-state index in [0.717, 1.165) is 32.1 Å². The highest BCUT2D eigenvalue weighted by atomic mass is 16.2. The van der Waals surface area contributed by atoms with Crippen LogP contribution >= 0.6 is 0 Å². The quantitative estimate of drug-likeness (QED) is 0.432. The summed E-state index contributed by atoms with van der Waals surface area (Å²) in [6, 6.07) is -1.66. The lowest BCUT2D eigenvalue weighted by atomic mass is 9.84. The summed E-state index contributed by atoms with van der Waals surface area (Å²) in [4.78, 5) is 36.3. The number of Topliss-reactive ketones (excluding diaryl/α,β-unsaturated/α-hetero) is 1. The average Bonchev–Trinajstić information content (AvgIpc) is 2.58. The van der Waals surface area contributed by atoms with Crippen molar-refractivity contribution in [2.24, 2.45) is 23.3 Å². The van der Waals surface area contributed by atoms with E-state index in [1.807, 2.05) is 13.8 Å². The van der Waals surface area contributed by atoms with E-state index in [9.17, 15) is 14.4 Å². The molecule has 0 unspecified atom stereocenters. The fraction of sp³-hybridized carbons (Fsp3) is 0.850. The summed E-state index contributed by atoms with van der Waals surface area (Å²) >= 11 is 0. The molecular formula is C20H38N4O3. The molecule has 2 atom stereocenters. The molecule has 0 aromatic rings. The second-order valence-electron chi connectivity index (χ2n) is 8.06. The summed E-state index contributed by atoms with van der Waals surface area (Å²) in [5, 5.41) is 5.45. The first-order valence-corrected chi connectivity index (χ1v) is 10.5. The zero-order valence-electron chi connectivity index (χ0n) is 17.0. The number of hydrogen-bond acceptors (Lipinski definition) is 4. The number of nitrogens with one attached hydrogen (secondary N) is 2. The smallest absolute Gasteiger partial charge is 0.312 e. The van der Waals surface area contributed by atoms with Crippen LogP contribution in [0.2, 0.25) is 0 Å². The van der Waals surface area contributed by atoms with Crippen LogP contribution in [-0.2, 0) is 9.59 Å². The maximum atomic E-state index is 13.1. The molecule has 6 N–H and O–H groups in total. The standard InChI is InChI=1S/C20H38N4O3/c1-14(2)17(21)19(26)24-16(12-8-9-13-23-20(22)27)18(25)15-10-6-4-3-5-7-11-15/h14-17H,3-13,21H2,1-2H3,(H,24,26)(H3,22,23,27)/t16-,17-/m0/s1. The highest BCUT2D eigenvalue weighted by Gasteiger charge is 2.29. The molecule has 0 saturated heterocycles. The Kier molecular flexibility index (Phi) is 11.0. The van der Waals surface area contributed by atoms with Crippen LogP contribution in [0.15, 0.2) is 0 Å². The van der Waals surface area contributed by atoms with Crippen molar-refractivity contribution in [1.29, 1.82) is 0 Å². The van der Waals surface area contributed by atoms with E-state index in [1.165, 1.54) is 19.3 Å². The molecule has 0 aliphatic heterocycles. The lowest BCUT2D eigenvalue weighted by Gasteiger charge is -2.26. The third-order valence-corrected chi connectivity index (χ3v) is 5.41. The van der Waals surface area contributed by atoms with Gasteiger partial charge >= 0.3 is 6.03 Å². The summed E-state index contributed by atoms with van der Waals surface area (Å²) < 4.78 is 0. The fourth-order valence-corrected chi connectivity index (χ4v) is 3.57. The molecule has 0 radical (unpaired) electrons. The normalized spacial score (nSPS) is 18.2. The number of ketones is 1. The van der Waals surface area contributed by atoms with E-state index in [0.29, 0.717) is 19.4 Å². The van der Waals surface area contributed by atoms with Gasteiger partial charge in [0.15, 0.2) is 5.78 Å². The number of nitrogens with two attached hydrogens (primary N) is 2. The van der Waals surface area contributed by atoms with Crippen LogP contribution < -0.4 is 22.1 Å². The van der Waals surface area contributed by atoms with Gasteiger partial charge in [-0.2, -0.15) is 0 Å². The van der Waals surface area contributed by atoms with E-state index in [4.69, 9.17) is 11.5 Å². The van der Waals surface area contributed by atoms with Crippen molar-refractivity contribution in [3.05, 3.63) is 0 Å². The van der Waals surface area contributed by atoms with Gasteiger partial charge in [0.05, 0.1) is 12.1 Å². The Labute approximate surface area is 163 Å². The Hall–Kier alpha value is -1.63. The minimum absolute atomic E-state index is 0.0157. The summed E-state index contributed by atoms with van der Waals surface area (Å²) in [6.45, 7) is 4.26. The van der Waals surface area contributed by atoms with Gasteiger partial charge in [0.2, 0.25) is 5.91 Å². The van der Waals surface area contributed by atoms with Crippen molar-refractivity contribution in [2.45, 2.75) is 90.1 Å². The molecule has 1 aliphatic carbocycles. The molecule has 1 fully saturated rings. The van der Waals surface area contributed by atoms with E-state index < -0.39 is 18.1 Å². The zero-order valence-corrected chi connectivity index (χ0v) is 17.0. The molecule has 0 heterocycles. The van der Waals surface area contributed by atoms with E-state index in [-0.39, 0.29) is 23.5 Å². The molecule has 0 aromatic heterocycles. The topological polar surface area (TPSA) is 127 Å². The van der Waals surface area contributed by atoms with Crippen molar-refractivity contribution >= 4 is 17.7 Å². The minimum atomic E-state index is -0.617. The molecule has 1 saturated carbocycles. The molecule has 1 aliphatic rings. The van der Waals surface area contributed by atoms with Crippen LogP contribution in [0.1, 0.15) is 78.1 Å². The molecule has 156 valence electrons. The summed E-state index contributed by atoms with van der Waals surface area (Å²) in [7, 11) is 0. The fourth-order valence-electron chi connectivity index (χ4n) is 3.57. The van der Waals surface area contributed by atoms with E-state index >= 15 is 0 Å². The monoisotopic (exact) mass is 382 g/mol. The number of unbranched alkanes of at least 4 members (excludes halogenated alkanes) is 1. The number of hydrogen-bond donors (Lipinski definition) is 4. The first-order chi connectivity index (χ1) is 12.8. The maximum Gasteiger partial charge on any atom is 0.312 e. The highest BCUT2D eigenvalue weighted by Crippen LogP contribution is 2.25. The Morgan fingerprint density at radius 3 is 2.15 bits per heavy atom. The number of carbonyl (C=O) groups excluding carboxylic acids is 3. The summed E-state index contributed by atoms with van der Waals surface area (Å²) in [5.74, 6) is -0.0787. The molecule has 7 heteroatoms. The molecule has 0 aromatic carbocycles. The van der Waals surface area contributed by atoms with Crippen molar-refractivity contribution in [3.63, 3.8) is 0 Å². The van der Waals surface area contributed by atoms with Crippen LogP contribution in [-0.4, -0.2) is 36.3 Å². The van der Waals surface area contributed by atoms with Crippen molar-refractivity contribution in [3.8, 4) is 0 Å². The third-order valence-electron chi connectivity index (χ3n) is 5.41. The lowest BCUT2D eigenvalue weighted by molar-refractivity contribution is -0.131. The van der Waals surface area contributed by atoms with Crippen LogP contribution in [0.4, 0.5) is 4.79 Å². The van der Waals surface area contributed by atoms with Crippen molar-refractivity contribution in [2.75, 3.05) is 6.54 Å². The van der Waals surface area contributed by atoms with Gasteiger partial charge in [0, 0.05) is 12.5 Å². The number of amides is 3. The number of rotatable bonds is 10.